The third-order valence-corrected chi connectivity index (χ3v) is 4.31. The number of nitrogens with one attached hydrogen (secondary N) is 1. The molecule has 0 fully saturated rings. The van der Waals surface area contributed by atoms with Crippen molar-refractivity contribution in [3.63, 3.8) is 0 Å². The van der Waals surface area contributed by atoms with Crippen LogP contribution in [0.25, 0.3) is 0 Å². The van der Waals surface area contributed by atoms with Gasteiger partial charge in [0.15, 0.2) is 0 Å². The van der Waals surface area contributed by atoms with Gasteiger partial charge in [0.1, 0.15) is 0 Å². The molecule has 2 atom stereocenters. The topological polar surface area (TPSA) is 55.1 Å². The number of aryl methyl sites for hydroxylation is 1. The maximum Gasteiger partial charge on any atom is 0.225 e. The highest BCUT2D eigenvalue weighted by Gasteiger charge is 2.28. The summed E-state index contributed by atoms with van der Waals surface area (Å²) in [4.78, 5) is 12.6. The lowest BCUT2D eigenvalue weighted by Gasteiger charge is -2.30. The first-order chi connectivity index (χ1) is 10.8. The second-order valence-electron chi connectivity index (χ2n) is 6.71. The summed E-state index contributed by atoms with van der Waals surface area (Å²) in [6, 6.07) is 17.6. The van der Waals surface area contributed by atoms with E-state index in [4.69, 9.17) is 5.73 Å². The zero-order valence-corrected chi connectivity index (χ0v) is 15.6. The molecule has 0 heterocycles. The molecule has 0 saturated heterocycles. The third-order valence-electron chi connectivity index (χ3n) is 4.31. The molecule has 0 aromatic heterocycles. The summed E-state index contributed by atoms with van der Waals surface area (Å²) in [6.07, 6.45) is 0. The Balaban J connectivity index is 0.00000288. The Hall–Kier alpha value is -1.84. The first-order valence-electron chi connectivity index (χ1n) is 8.01. The Morgan fingerprint density at radius 1 is 1.08 bits per heavy atom. The lowest BCUT2D eigenvalue weighted by Crippen LogP contribution is -2.45. The van der Waals surface area contributed by atoms with Gasteiger partial charge in [-0.3, -0.25) is 4.79 Å². The van der Waals surface area contributed by atoms with E-state index in [0.717, 1.165) is 11.1 Å². The standard InChI is InChI=1S/C20H26N2O.ClH/c1-14-9-8-12-17(13-14)20(3,4)22-19(23)15(2)18(21)16-10-6-5-7-11-16;/h5-13,15,18H,21H2,1-4H3,(H,22,23);1H. The van der Waals surface area contributed by atoms with E-state index < -0.39 is 5.54 Å². The summed E-state index contributed by atoms with van der Waals surface area (Å²) in [5.74, 6) is -0.339. The van der Waals surface area contributed by atoms with Crippen LogP contribution in [0.5, 0.6) is 0 Å². The van der Waals surface area contributed by atoms with E-state index in [2.05, 4.69) is 24.4 Å². The van der Waals surface area contributed by atoms with Crippen LogP contribution in [0.15, 0.2) is 54.6 Å². The van der Waals surface area contributed by atoms with Crippen molar-refractivity contribution in [2.24, 2.45) is 11.7 Å². The Morgan fingerprint density at radius 3 is 2.29 bits per heavy atom. The van der Waals surface area contributed by atoms with Gasteiger partial charge >= 0.3 is 0 Å². The molecule has 0 spiro atoms. The molecule has 0 saturated carbocycles. The lowest BCUT2D eigenvalue weighted by atomic mass is 9.90. The number of benzene rings is 2. The molecular formula is C20H27ClN2O. The van der Waals surface area contributed by atoms with E-state index in [1.165, 1.54) is 5.56 Å². The van der Waals surface area contributed by atoms with E-state index in [0.29, 0.717) is 0 Å². The van der Waals surface area contributed by atoms with E-state index in [1.54, 1.807) is 0 Å². The van der Waals surface area contributed by atoms with Gasteiger partial charge in [0.05, 0.1) is 11.5 Å². The molecule has 2 aromatic carbocycles. The van der Waals surface area contributed by atoms with Gasteiger partial charge in [-0.25, -0.2) is 0 Å². The van der Waals surface area contributed by atoms with Crippen LogP contribution in [0.2, 0.25) is 0 Å². The molecular weight excluding hydrogens is 320 g/mol. The zero-order valence-electron chi connectivity index (χ0n) is 14.7. The van der Waals surface area contributed by atoms with Crippen LogP contribution in [0, 0.1) is 12.8 Å². The SMILES string of the molecule is Cc1cccc(C(C)(C)NC(=O)C(C)C(N)c2ccccc2)c1.Cl. The molecule has 2 unspecified atom stereocenters. The molecule has 0 aliphatic carbocycles. The molecule has 1 amide bonds. The Morgan fingerprint density at radius 2 is 1.71 bits per heavy atom. The Kier molecular flexibility index (Phi) is 7.00. The van der Waals surface area contributed by atoms with Crippen LogP contribution >= 0.6 is 12.4 Å². The summed E-state index contributed by atoms with van der Waals surface area (Å²) in [5.41, 5.74) is 9.07. The highest BCUT2D eigenvalue weighted by molar-refractivity contribution is 5.85. The van der Waals surface area contributed by atoms with Gasteiger partial charge in [-0.2, -0.15) is 0 Å². The maximum absolute atomic E-state index is 12.6. The van der Waals surface area contributed by atoms with Gasteiger partial charge < -0.3 is 11.1 Å². The molecule has 2 aromatic rings. The Bertz CT molecular complexity index is 670. The summed E-state index contributed by atoms with van der Waals surface area (Å²) in [7, 11) is 0. The second-order valence-corrected chi connectivity index (χ2v) is 6.71. The van der Waals surface area contributed by atoms with Crippen molar-refractivity contribution >= 4 is 18.3 Å². The van der Waals surface area contributed by atoms with Crippen LogP contribution in [-0.2, 0) is 10.3 Å². The number of hydrogen-bond donors (Lipinski definition) is 2. The van der Waals surface area contributed by atoms with Gasteiger partial charge in [-0.15, -0.1) is 12.4 Å². The van der Waals surface area contributed by atoms with Crippen molar-refractivity contribution < 1.29 is 4.79 Å². The highest BCUT2D eigenvalue weighted by atomic mass is 35.5. The van der Waals surface area contributed by atoms with Crippen molar-refractivity contribution in [1.82, 2.24) is 5.32 Å². The van der Waals surface area contributed by atoms with Crippen LogP contribution in [0.1, 0.15) is 43.5 Å². The van der Waals surface area contributed by atoms with Crippen molar-refractivity contribution in [3.05, 3.63) is 71.3 Å². The van der Waals surface area contributed by atoms with E-state index in [9.17, 15) is 4.79 Å². The summed E-state index contributed by atoms with van der Waals surface area (Å²) in [5, 5.41) is 3.13. The molecule has 0 bridgehead atoms. The molecule has 0 aliphatic rings. The number of nitrogens with two attached hydrogens (primary N) is 1. The monoisotopic (exact) mass is 346 g/mol. The lowest BCUT2D eigenvalue weighted by molar-refractivity contribution is -0.126. The van der Waals surface area contributed by atoms with Crippen molar-refractivity contribution in [1.29, 1.82) is 0 Å². The summed E-state index contributed by atoms with van der Waals surface area (Å²) < 4.78 is 0. The van der Waals surface area contributed by atoms with Crippen LogP contribution in [-0.4, -0.2) is 5.91 Å². The summed E-state index contributed by atoms with van der Waals surface area (Å²) in [6.45, 7) is 7.95. The predicted octanol–water partition coefficient (Wildman–Crippen LogP) is 4.10. The van der Waals surface area contributed by atoms with Gasteiger partial charge in [0.25, 0.3) is 0 Å². The molecule has 130 valence electrons. The summed E-state index contributed by atoms with van der Waals surface area (Å²) >= 11 is 0. The molecule has 4 heteroatoms. The average molecular weight is 347 g/mol. The molecule has 24 heavy (non-hydrogen) atoms. The fraction of sp³-hybridized carbons (Fsp3) is 0.350. The number of hydrogen-bond acceptors (Lipinski definition) is 2. The van der Waals surface area contributed by atoms with E-state index >= 15 is 0 Å². The number of halogens is 1. The third kappa shape index (κ3) is 4.83. The second kappa shape index (κ2) is 8.32. The normalized spacial score (nSPS) is 13.5. The van der Waals surface area contributed by atoms with Crippen molar-refractivity contribution in [2.75, 3.05) is 0 Å². The average Bonchev–Trinajstić information content (AvgIpc) is 2.54. The van der Waals surface area contributed by atoms with Gasteiger partial charge in [-0.05, 0) is 31.9 Å². The smallest absolute Gasteiger partial charge is 0.225 e. The molecule has 2 rings (SSSR count). The van der Waals surface area contributed by atoms with Crippen molar-refractivity contribution in [3.8, 4) is 0 Å². The maximum atomic E-state index is 12.6. The van der Waals surface area contributed by atoms with Crippen LogP contribution in [0.4, 0.5) is 0 Å². The minimum Gasteiger partial charge on any atom is -0.347 e. The van der Waals surface area contributed by atoms with Crippen LogP contribution in [0.3, 0.4) is 0 Å². The number of carbonyl (C=O) groups excluding carboxylic acids is 1. The van der Waals surface area contributed by atoms with E-state index in [-0.39, 0.29) is 30.3 Å². The first kappa shape index (κ1) is 20.2. The van der Waals surface area contributed by atoms with Crippen molar-refractivity contribution in [2.45, 2.75) is 39.3 Å². The van der Waals surface area contributed by atoms with Crippen LogP contribution < -0.4 is 11.1 Å². The fourth-order valence-corrected chi connectivity index (χ4v) is 2.65. The minimum absolute atomic E-state index is 0. The van der Waals surface area contributed by atoms with Gasteiger partial charge in [-0.1, -0.05) is 67.1 Å². The minimum atomic E-state index is -0.437. The first-order valence-corrected chi connectivity index (χ1v) is 8.01. The number of amides is 1. The van der Waals surface area contributed by atoms with Gasteiger partial charge in [0, 0.05) is 6.04 Å². The van der Waals surface area contributed by atoms with E-state index in [1.807, 2.05) is 63.2 Å². The Labute approximate surface area is 151 Å². The highest BCUT2D eigenvalue weighted by Crippen LogP contribution is 2.24. The number of rotatable bonds is 5. The number of carbonyl (C=O) groups is 1. The molecule has 3 N–H and O–H groups in total. The zero-order chi connectivity index (χ0) is 17.0. The predicted molar refractivity (Wildman–Crippen MR) is 102 cm³/mol. The molecule has 3 nitrogen and oxygen atoms in total. The largest absolute Gasteiger partial charge is 0.347 e. The van der Waals surface area contributed by atoms with Gasteiger partial charge in [0.2, 0.25) is 5.91 Å². The molecule has 0 radical (unpaired) electrons. The fourth-order valence-electron chi connectivity index (χ4n) is 2.65. The quantitative estimate of drug-likeness (QED) is 0.856. The molecule has 0 aliphatic heterocycles.